The fraction of sp³-hybridized carbons (Fsp3) is 0.0909. The molecule has 0 unspecified atom stereocenters. The van der Waals surface area contributed by atoms with E-state index in [4.69, 9.17) is 14.0 Å². The van der Waals surface area contributed by atoms with Crippen LogP contribution in [0.15, 0.2) is 71.3 Å². The van der Waals surface area contributed by atoms with Gasteiger partial charge in [0.25, 0.3) is 5.91 Å². The number of rotatable bonds is 4. The molecule has 3 aromatic carbocycles. The maximum atomic E-state index is 12.6. The molecule has 0 atom stereocenters. The van der Waals surface area contributed by atoms with Crippen molar-refractivity contribution in [2.24, 2.45) is 0 Å². The van der Waals surface area contributed by atoms with E-state index in [2.05, 4.69) is 10.5 Å². The Morgan fingerprint density at radius 3 is 2.71 bits per heavy atom. The van der Waals surface area contributed by atoms with Gasteiger partial charge in [0.2, 0.25) is 6.79 Å². The lowest BCUT2D eigenvalue weighted by molar-refractivity contribution is 0.0951. The van der Waals surface area contributed by atoms with Gasteiger partial charge in [-0.05, 0) is 35.9 Å². The molecule has 6 nitrogen and oxygen atoms in total. The normalized spacial score (nSPS) is 12.3. The molecule has 0 radical (unpaired) electrons. The van der Waals surface area contributed by atoms with Crippen molar-refractivity contribution in [1.82, 2.24) is 10.5 Å². The summed E-state index contributed by atoms with van der Waals surface area (Å²) >= 11 is 0. The second kappa shape index (κ2) is 6.74. The van der Waals surface area contributed by atoms with Crippen LogP contribution in [0.25, 0.3) is 22.2 Å². The second-order valence-corrected chi connectivity index (χ2v) is 6.48. The van der Waals surface area contributed by atoms with E-state index in [1.165, 1.54) is 0 Å². The number of nitrogens with zero attached hydrogens (tertiary/aromatic N) is 1. The molecule has 1 N–H and O–H groups in total. The zero-order valence-corrected chi connectivity index (χ0v) is 14.8. The molecule has 0 aliphatic carbocycles. The van der Waals surface area contributed by atoms with Crippen molar-refractivity contribution < 1.29 is 18.8 Å². The number of hydrogen-bond acceptors (Lipinski definition) is 5. The number of fused-ring (bicyclic) bond motifs is 2. The zero-order valence-electron chi connectivity index (χ0n) is 14.8. The summed E-state index contributed by atoms with van der Waals surface area (Å²) in [5, 5.41) is 7.83. The predicted molar refractivity (Wildman–Crippen MR) is 103 cm³/mol. The predicted octanol–water partition coefficient (Wildman–Crippen LogP) is 4.15. The summed E-state index contributed by atoms with van der Waals surface area (Å²) in [7, 11) is 0. The molecule has 6 heteroatoms. The fourth-order valence-corrected chi connectivity index (χ4v) is 3.22. The minimum atomic E-state index is -0.167. The van der Waals surface area contributed by atoms with Crippen LogP contribution in [0.3, 0.4) is 0 Å². The molecular weight excluding hydrogens is 356 g/mol. The zero-order chi connectivity index (χ0) is 18.9. The minimum absolute atomic E-state index is 0.167. The Balaban J connectivity index is 1.37. The van der Waals surface area contributed by atoms with Crippen molar-refractivity contribution in [2.75, 3.05) is 6.79 Å². The SMILES string of the molecule is O=C(NCc1ccc2c(c1)OCO2)c1ccc2noc(-c3ccccc3)c2c1. The maximum absolute atomic E-state index is 12.6. The number of carbonyl (C=O) groups is 1. The first kappa shape index (κ1) is 16.4. The smallest absolute Gasteiger partial charge is 0.251 e. The number of hydrogen-bond donors (Lipinski definition) is 1. The lowest BCUT2D eigenvalue weighted by Crippen LogP contribution is -2.22. The molecule has 28 heavy (non-hydrogen) atoms. The molecular formula is C22H16N2O4. The second-order valence-electron chi connectivity index (χ2n) is 6.48. The van der Waals surface area contributed by atoms with Crippen molar-refractivity contribution >= 4 is 16.8 Å². The average Bonchev–Trinajstić information content (AvgIpc) is 3.38. The molecule has 1 aromatic heterocycles. The number of ether oxygens (including phenoxy) is 2. The summed E-state index contributed by atoms with van der Waals surface area (Å²) in [6.45, 7) is 0.621. The van der Waals surface area contributed by atoms with Crippen LogP contribution >= 0.6 is 0 Å². The Labute approximate surface area is 160 Å². The van der Waals surface area contributed by atoms with Crippen LogP contribution < -0.4 is 14.8 Å². The summed E-state index contributed by atoms with van der Waals surface area (Å²) in [5.74, 6) is 1.91. The van der Waals surface area contributed by atoms with Gasteiger partial charge in [-0.25, -0.2) is 0 Å². The van der Waals surface area contributed by atoms with E-state index in [1.807, 2.05) is 54.6 Å². The average molecular weight is 372 g/mol. The minimum Gasteiger partial charge on any atom is -0.454 e. The van der Waals surface area contributed by atoms with Crippen LogP contribution in [-0.4, -0.2) is 17.9 Å². The Kier molecular flexibility index (Phi) is 3.94. The van der Waals surface area contributed by atoms with E-state index in [1.54, 1.807) is 12.1 Å². The Hall–Kier alpha value is -3.80. The molecule has 0 bridgehead atoms. The van der Waals surface area contributed by atoms with Gasteiger partial charge in [-0.3, -0.25) is 4.79 Å². The first-order valence-corrected chi connectivity index (χ1v) is 8.89. The topological polar surface area (TPSA) is 73.6 Å². The van der Waals surface area contributed by atoms with Gasteiger partial charge in [-0.1, -0.05) is 41.6 Å². The molecule has 4 aromatic rings. The number of benzene rings is 3. The molecule has 1 aliphatic rings. The largest absolute Gasteiger partial charge is 0.454 e. The third kappa shape index (κ3) is 2.95. The Morgan fingerprint density at radius 2 is 1.82 bits per heavy atom. The summed E-state index contributed by atoms with van der Waals surface area (Å²) < 4.78 is 16.2. The van der Waals surface area contributed by atoms with Gasteiger partial charge in [0.05, 0.1) is 5.39 Å². The fourth-order valence-electron chi connectivity index (χ4n) is 3.22. The number of carbonyl (C=O) groups excluding carboxylic acids is 1. The quantitative estimate of drug-likeness (QED) is 0.582. The van der Waals surface area contributed by atoms with Gasteiger partial charge < -0.3 is 19.3 Å². The first-order valence-electron chi connectivity index (χ1n) is 8.89. The Morgan fingerprint density at radius 1 is 0.964 bits per heavy atom. The highest BCUT2D eigenvalue weighted by molar-refractivity contribution is 6.00. The van der Waals surface area contributed by atoms with Crippen LogP contribution in [0, 0.1) is 0 Å². The van der Waals surface area contributed by atoms with Crippen molar-refractivity contribution in [1.29, 1.82) is 0 Å². The lowest BCUT2D eigenvalue weighted by atomic mass is 10.1. The summed E-state index contributed by atoms with van der Waals surface area (Å²) in [5.41, 5.74) is 3.12. The monoisotopic (exact) mass is 372 g/mol. The highest BCUT2D eigenvalue weighted by atomic mass is 16.7. The van der Waals surface area contributed by atoms with Gasteiger partial charge in [0.15, 0.2) is 17.3 Å². The maximum Gasteiger partial charge on any atom is 0.251 e. The van der Waals surface area contributed by atoms with Crippen molar-refractivity contribution in [3.8, 4) is 22.8 Å². The van der Waals surface area contributed by atoms with Gasteiger partial charge in [-0.2, -0.15) is 0 Å². The van der Waals surface area contributed by atoms with Crippen LogP contribution in [0.5, 0.6) is 11.5 Å². The third-order valence-corrected chi connectivity index (χ3v) is 4.66. The molecule has 0 saturated carbocycles. The van der Waals surface area contributed by atoms with Gasteiger partial charge in [0, 0.05) is 17.7 Å². The van der Waals surface area contributed by atoms with Crippen LogP contribution in [0.4, 0.5) is 0 Å². The summed E-state index contributed by atoms with van der Waals surface area (Å²) in [4.78, 5) is 12.6. The van der Waals surface area contributed by atoms with E-state index in [0.717, 1.165) is 22.3 Å². The standard InChI is InChI=1S/C22H16N2O4/c25-22(23-12-14-6-9-19-20(10-14)27-13-26-19)16-7-8-18-17(11-16)21(28-24-18)15-4-2-1-3-5-15/h1-11H,12-13H2,(H,23,25). The van der Waals surface area contributed by atoms with Crippen LogP contribution in [0.1, 0.15) is 15.9 Å². The van der Waals surface area contributed by atoms with Gasteiger partial charge >= 0.3 is 0 Å². The van der Waals surface area contributed by atoms with Crippen molar-refractivity contribution in [3.05, 3.63) is 77.9 Å². The van der Waals surface area contributed by atoms with Gasteiger partial charge in [0.1, 0.15) is 5.52 Å². The summed E-state index contributed by atoms with van der Waals surface area (Å²) in [6.07, 6.45) is 0. The molecule has 2 heterocycles. The van der Waals surface area contributed by atoms with Crippen molar-refractivity contribution in [2.45, 2.75) is 6.54 Å². The Bertz CT molecular complexity index is 1170. The number of aromatic nitrogens is 1. The summed E-state index contributed by atoms with van der Waals surface area (Å²) in [6, 6.07) is 20.7. The van der Waals surface area contributed by atoms with Gasteiger partial charge in [-0.15, -0.1) is 0 Å². The molecule has 0 spiro atoms. The number of nitrogens with one attached hydrogen (secondary N) is 1. The van der Waals surface area contributed by atoms with Crippen LogP contribution in [0.2, 0.25) is 0 Å². The molecule has 1 aliphatic heterocycles. The highest BCUT2D eigenvalue weighted by Gasteiger charge is 2.15. The van der Waals surface area contributed by atoms with E-state index in [0.29, 0.717) is 29.1 Å². The van der Waals surface area contributed by atoms with E-state index in [-0.39, 0.29) is 12.7 Å². The van der Waals surface area contributed by atoms with Crippen LogP contribution in [-0.2, 0) is 6.54 Å². The molecule has 1 amide bonds. The molecule has 5 rings (SSSR count). The molecule has 0 saturated heterocycles. The van der Waals surface area contributed by atoms with E-state index in [9.17, 15) is 4.79 Å². The number of amides is 1. The highest BCUT2D eigenvalue weighted by Crippen LogP contribution is 2.32. The van der Waals surface area contributed by atoms with Crippen molar-refractivity contribution in [3.63, 3.8) is 0 Å². The molecule has 0 fully saturated rings. The lowest BCUT2D eigenvalue weighted by Gasteiger charge is -2.07. The van der Waals surface area contributed by atoms with E-state index >= 15 is 0 Å². The third-order valence-electron chi connectivity index (χ3n) is 4.66. The first-order chi connectivity index (χ1) is 13.8. The molecule has 138 valence electrons. The van der Waals surface area contributed by atoms with E-state index < -0.39 is 0 Å².